The van der Waals surface area contributed by atoms with Gasteiger partial charge in [-0.3, -0.25) is 9.78 Å². The Morgan fingerprint density at radius 2 is 1.96 bits per heavy atom. The number of pyridine rings is 1. The molecule has 8 heteroatoms. The van der Waals surface area contributed by atoms with Crippen LogP contribution < -0.4 is 5.32 Å². The zero-order valence-corrected chi connectivity index (χ0v) is 14.8. The van der Waals surface area contributed by atoms with E-state index in [2.05, 4.69) is 26.3 Å². The van der Waals surface area contributed by atoms with Gasteiger partial charge in [-0.1, -0.05) is 52.5 Å². The van der Waals surface area contributed by atoms with E-state index in [9.17, 15) is 4.79 Å². The molecular weight excluding hydrogens is 371 g/mol. The van der Waals surface area contributed by atoms with E-state index in [4.69, 9.17) is 34.8 Å². The second-order valence-electron chi connectivity index (χ2n) is 4.84. The van der Waals surface area contributed by atoms with Gasteiger partial charge in [0.25, 0.3) is 5.91 Å². The van der Waals surface area contributed by atoms with Gasteiger partial charge in [-0.25, -0.2) is 0 Å². The number of amides is 1. The van der Waals surface area contributed by atoms with Crippen molar-refractivity contribution in [3.05, 3.63) is 59.9 Å². The van der Waals surface area contributed by atoms with E-state index in [1.165, 1.54) is 6.20 Å². The molecule has 24 heavy (non-hydrogen) atoms. The average molecular weight is 384 g/mol. The molecule has 0 saturated heterocycles. The van der Waals surface area contributed by atoms with Crippen LogP contribution in [0.4, 0.5) is 5.69 Å². The molecule has 0 aliphatic carbocycles. The molecule has 1 aromatic carbocycles. The van der Waals surface area contributed by atoms with E-state index in [-0.39, 0.29) is 0 Å². The van der Waals surface area contributed by atoms with Crippen molar-refractivity contribution in [3.63, 3.8) is 0 Å². The molecule has 1 unspecified atom stereocenters. The van der Waals surface area contributed by atoms with Crippen molar-refractivity contribution in [2.75, 3.05) is 0 Å². The van der Waals surface area contributed by atoms with Crippen molar-refractivity contribution in [1.29, 1.82) is 0 Å². The fraction of sp³-hybridized carbons (Fsp3) is 0.188. The monoisotopic (exact) mass is 382 g/mol. The van der Waals surface area contributed by atoms with Gasteiger partial charge < -0.3 is 5.32 Å². The number of aromatic nitrogens is 1. The second kappa shape index (κ2) is 8.27. The molecule has 0 spiro atoms. The molecule has 1 amide bonds. The highest BCUT2D eigenvalue weighted by Gasteiger charge is 2.34. The third-order valence-electron chi connectivity index (χ3n) is 2.90. The standard InChI is InChI=1S/C16H13Cl3N4O/c1-11-4-6-12(7-5-11)14(24)23-15(16(17,18)19)22-10-21-13-3-2-8-20-9-13/h2-9,15H,1H3,(H,23,24). The highest BCUT2D eigenvalue weighted by atomic mass is 35.6. The highest BCUT2D eigenvalue weighted by molar-refractivity contribution is 6.68. The van der Waals surface area contributed by atoms with Gasteiger partial charge in [0.05, 0.1) is 17.9 Å². The highest BCUT2D eigenvalue weighted by Crippen LogP contribution is 2.31. The first-order valence-corrected chi connectivity index (χ1v) is 7.99. The SMILES string of the molecule is Cc1ccc(C(=O)NC(N=C=Nc2cccnc2)C(Cl)(Cl)Cl)cc1. The van der Waals surface area contributed by atoms with Crippen LogP contribution in [0.15, 0.2) is 58.8 Å². The number of hydrogen-bond acceptors (Lipinski definition) is 4. The average Bonchev–Trinajstić information content (AvgIpc) is 2.54. The van der Waals surface area contributed by atoms with E-state index in [0.29, 0.717) is 11.3 Å². The van der Waals surface area contributed by atoms with Gasteiger partial charge >= 0.3 is 0 Å². The Labute approximate surface area is 154 Å². The molecule has 124 valence electrons. The third-order valence-corrected chi connectivity index (χ3v) is 3.52. The van der Waals surface area contributed by atoms with Gasteiger partial charge in [0, 0.05) is 11.8 Å². The quantitative estimate of drug-likeness (QED) is 0.631. The summed E-state index contributed by atoms with van der Waals surface area (Å²) in [5.74, 6) is -0.418. The van der Waals surface area contributed by atoms with Gasteiger partial charge in [-0.05, 0) is 31.2 Å². The molecule has 2 rings (SSSR count). The van der Waals surface area contributed by atoms with Crippen molar-refractivity contribution >= 4 is 52.4 Å². The first-order chi connectivity index (χ1) is 11.4. The third kappa shape index (κ3) is 5.62. The number of halogens is 3. The zero-order valence-electron chi connectivity index (χ0n) is 12.6. The van der Waals surface area contributed by atoms with Crippen LogP contribution in [0.3, 0.4) is 0 Å². The largest absolute Gasteiger partial charge is 0.326 e. The van der Waals surface area contributed by atoms with Crippen molar-refractivity contribution in [2.24, 2.45) is 9.98 Å². The summed E-state index contributed by atoms with van der Waals surface area (Å²) in [7, 11) is 0. The van der Waals surface area contributed by atoms with Crippen LogP contribution in [0.5, 0.6) is 0 Å². The smallest absolute Gasteiger partial charge is 0.253 e. The molecule has 2 aromatic rings. The summed E-state index contributed by atoms with van der Waals surface area (Å²) in [6, 6.07) is 12.8. The number of aliphatic imine (C=N–C) groups is 2. The maximum atomic E-state index is 12.2. The summed E-state index contributed by atoms with van der Waals surface area (Å²) in [5.41, 5.74) is 2.00. The minimum Gasteiger partial charge on any atom is -0.326 e. The van der Waals surface area contributed by atoms with E-state index in [0.717, 1.165) is 5.56 Å². The summed E-state index contributed by atoms with van der Waals surface area (Å²) in [6.07, 6.45) is 2.00. The van der Waals surface area contributed by atoms with Crippen LogP contribution in [0.2, 0.25) is 0 Å². The molecule has 1 heterocycles. The maximum Gasteiger partial charge on any atom is 0.253 e. The summed E-state index contributed by atoms with van der Waals surface area (Å²) < 4.78 is -1.85. The zero-order chi connectivity index (χ0) is 17.6. The Hall–Kier alpha value is -1.91. The first kappa shape index (κ1) is 18.4. The van der Waals surface area contributed by atoms with Crippen molar-refractivity contribution in [3.8, 4) is 0 Å². The van der Waals surface area contributed by atoms with Gasteiger partial charge in [-0.15, -0.1) is 0 Å². The van der Waals surface area contributed by atoms with Crippen molar-refractivity contribution in [1.82, 2.24) is 10.3 Å². The molecule has 1 N–H and O–H groups in total. The summed E-state index contributed by atoms with van der Waals surface area (Å²) in [5, 5.41) is 2.54. The lowest BCUT2D eigenvalue weighted by molar-refractivity contribution is 0.0939. The predicted octanol–water partition coefficient (Wildman–Crippen LogP) is 4.32. The molecule has 0 aliphatic heterocycles. The van der Waals surface area contributed by atoms with E-state index in [1.807, 2.05) is 19.1 Å². The van der Waals surface area contributed by atoms with Crippen LogP contribution in [0, 0.1) is 6.92 Å². The number of benzene rings is 1. The van der Waals surface area contributed by atoms with Crippen LogP contribution in [-0.2, 0) is 0 Å². The number of carbonyl (C=O) groups is 1. The van der Waals surface area contributed by atoms with Crippen LogP contribution in [-0.4, -0.2) is 26.9 Å². The number of hydrogen-bond donors (Lipinski definition) is 1. The van der Waals surface area contributed by atoms with E-state index < -0.39 is 15.9 Å². The first-order valence-electron chi connectivity index (χ1n) is 6.86. The number of nitrogens with zero attached hydrogens (tertiary/aromatic N) is 3. The van der Waals surface area contributed by atoms with Crippen molar-refractivity contribution in [2.45, 2.75) is 16.9 Å². The molecule has 0 aliphatic rings. The Morgan fingerprint density at radius 3 is 2.54 bits per heavy atom. The molecule has 0 radical (unpaired) electrons. The lowest BCUT2D eigenvalue weighted by Crippen LogP contribution is -2.42. The van der Waals surface area contributed by atoms with Gasteiger partial charge in [0.15, 0.2) is 6.17 Å². The van der Waals surface area contributed by atoms with Gasteiger partial charge in [0.1, 0.15) is 0 Å². The lowest BCUT2D eigenvalue weighted by Gasteiger charge is -2.20. The Morgan fingerprint density at radius 1 is 1.25 bits per heavy atom. The molecule has 1 aromatic heterocycles. The van der Waals surface area contributed by atoms with E-state index in [1.54, 1.807) is 30.5 Å². The summed E-state index contributed by atoms with van der Waals surface area (Å²) in [4.78, 5) is 24.0. The maximum absolute atomic E-state index is 12.2. The fourth-order valence-corrected chi connectivity index (χ4v) is 1.97. The van der Waals surface area contributed by atoms with Crippen molar-refractivity contribution < 1.29 is 4.79 Å². The summed E-state index contributed by atoms with van der Waals surface area (Å²) in [6.45, 7) is 1.92. The minimum atomic E-state index is -1.85. The normalized spacial score (nSPS) is 12.0. The van der Waals surface area contributed by atoms with E-state index >= 15 is 0 Å². The number of rotatable bonds is 4. The lowest BCUT2D eigenvalue weighted by atomic mass is 10.1. The van der Waals surface area contributed by atoms with Gasteiger partial charge in [-0.2, -0.15) is 9.98 Å². The summed E-state index contributed by atoms with van der Waals surface area (Å²) >= 11 is 17.6. The molecular formula is C16H13Cl3N4O. The molecule has 1 atom stereocenters. The number of carbonyl (C=O) groups excluding carboxylic acids is 1. The molecule has 0 fully saturated rings. The molecule has 5 nitrogen and oxygen atoms in total. The number of aryl methyl sites for hydroxylation is 1. The second-order valence-corrected chi connectivity index (χ2v) is 7.20. The fourth-order valence-electron chi connectivity index (χ4n) is 1.66. The van der Waals surface area contributed by atoms with Gasteiger partial charge in [0.2, 0.25) is 3.79 Å². The molecule has 0 bridgehead atoms. The van der Waals surface area contributed by atoms with Crippen LogP contribution >= 0.6 is 34.8 Å². The number of nitrogens with one attached hydrogen (secondary N) is 1. The van der Waals surface area contributed by atoms with Crippen LogP contribution in [0.1, 0.15) is 15.9 Å². The molecule has 0 saturated carbocycles. The Kier molecular flexibility index (Phi) is 6.35. The minimum absolute atomic E-state index is 0.418. The Bertz CT molecular complexity index is 751. The number of alkyl halides is 3. The Balaban J connectivity index is 2.15. The topological polar surface area (TPSA) is 66.7 Å². The van der Waals surface area contributed by atoms with Crippen LogP contribution in [0.25, 0.3) is 0 Å². The predicted molar refractivity (Wildman–Crippen MR) is 96.5 cm³/mol.